The molecule has 3 aromatic carbocycles. The number of carbonyl (C=O) groups excluding carboxylic acids is 4. The fourth-order valence-electron chi connectivity index (χ4n) is 8.76. The zero-order chi connectivity index (χ0) is 56.2. The number of pyridine rings is 1. The van der Waals surface area contributed by atoms with Gasteiger partial charge in [0.15, 0.2) is 0 Å². The second kappa shape index (κ2) is 26.2. The Bertz CT molecular complexity index is 3090. The first-order valence-electron chi connectivity index (χ1n) is 25.2. The number of aryl methyl sites for hydroxylation is 1. The monoisotopic (exact) mass is 1090 g/mol. The predicted octanol–water partition coefficient (Wildman–Crippen LogP) is 7.56. The molecule has 0 aliphatic carbocycles. The van der Waals surface area contributed by atoms with E-state index in [0.717, 1.165) is 55.9 Å². The third-order valence-corrected chi connectivity index (χ3v) is 14.0. The third-order valence-electron chi connectivity index (χ3n) is 13.1. The van der Waals surface area contributed by atoms with E-state index in [2.05, 4.69) is 43.2 Å². The van der Waals surface area contributed by atoms with Gasteiger partial charge in [0, 0.05) is 50.7 Å². The molecule has 1 saturated heterocycles. The maximum atomic E-state index is 14.6. The van der Waals surface area contributed by atoms with Gasteiger partial charge in [-0.3, -0.25) is 28.6 Å². The molecule has 0 bridgehead atoms. The molecule has 7 N–H and O–H groups in total. The summed E-state index contributed by atoms with van der Waals surface area (Å²) < 4.78 is 103. The number of nitrogens with two attached hydrogens (primary N) is 1. The van der Waals surface area contributed by atoms with Crippen LogP contribution in [0, 0.1) is 34.7 Å². The summed E-state index contributed by atoms with van der Waals surface area (Å²) in [6, 6.07) is 9.51. The highest BCUT2D eigenvalue weighted by Crippen LogP contribution is 2.37. The van der Waals surface area contributed by atoms with E-state index in [-0.39, 0.29) is 49.2 Å². The highest BCUT2D eigenvalue weighted by atomic mass is 32.2. The number of likely N-dealkylation sites (N-methyl/N-ethyl adjacent to an activating group) is 1. The number of amides is 4. The lowest BCUT2D eigenvalue weighted by Gasteiger charge is -2.36. The molecule has 0 saturated carbocycles. The number of unbranched alkanes of at least 4 members (excludes halogenated alkanes) is 6. The summed E-state index contributed by atoms with van der Waals surface area (Å²) in [6.45, 7) is 6.83. The van der Waals surface area contributed by atoms with Crippen molar-refractivity contribution in [2.24, 2.45) is 12.5 Å². The van der Waals surface area contributed by atoms with Crippen LogP contribution in [-0.2, 0) is 42.7 Å². The molecule has 0 radical (unpaired) electrons. The van der Waals surface area contributed by atoms with Gasteiger partial charge in [0.25, 0.3) is 10.0 Å². The topological polar surface area (TPSA) is 232 Å². The summed E-state index contributed by atoms with van der Waals surface area (Å²) >= 11 is 0. The number of rotatable bonds is 23. The number of para-hydroxylation sites is 1. The Hall–Kier alpha value is -7.32. The van der Waals surface area contributed by atoms with Gasteiger partial charge in [0.2, 0.25) is 23.6 Å². The fraction of sp³-hybridized carbons (Fsp3) is 0.444. The van der Waals surface area contributed by atoms with Gasteiger partial charge < -0.3 is 36.6 Å². The van der Waals surface area contributed by atoms with Crippen molar-refractivity contribution in [3.8, 4) is 28.8 Å². The number of likely N-dealkylation sites (tertiary alicyclic amines) is 1. The van der Waals surface area contributed by atoms with Gasteiger partial charge in [-0.15, -0.1) is 0 Å². The second-order valence-corrected chi connectivity index (χ2v) is 21.6. The van der Waals surface area contributed by atoms with E-state index in [1.807, 2.05) is 4.72 Å². The van der Waals surface area contributed by atoms with Crippen LogP contribution in [0.4, 0.5) is 39.1 Å². The first-order valence-corrected chi connectivity index (χ1v) is 26.8. The SMILES string of the molecule is CN[C@@H](C)C(=O)N[C@H](C(=O)N1CC(NC(=O)CCCCCCCCC#Cc2cnc(N)c3c(-c4ccc(NS(=O)(=O)C(F)F)c(OCCc5ccc(F)cc5)c4)nn(C)c23)C[C@H]1C(=O)Nc1c(F)cccc1F)C(C)(C)C. The van der Waals surface area contributed by atoms with E-state index in [1.165, 1.54) is 35.2 Å². The lowest BCUT2D eigenvalue weighted by Crippen LogP contribution is -2.59. The highest BCUT2D eigenvalue weighted by Gasteiger charge is 2.46. The molecule has 1 unspecified atom stereocenters. The number of anilines is 3. The number of nitrogens with one attached hydrogen (secondary N) is 5. The van der Waals surface area contributed by atoms with Gasteiger partial charge in [0.05, 0.1) is 34.8 Å². The smallest absolute Gasteiger partial charge is 0.355 e. The Morgan fingerprint density at radius 2 is 1.62 bits per heavy atom. The standard InChI is InChI=1S/C54H65F5N10O7S/c1-32(61-5)50(71)65-48(54(2,3)4)52(73)69-31-37(29-41(69)51(72)64-46-38(56)17-15-18-39(46)57)63-43(70)19-14-12-10-8-7-9-11-13-16-35-30-62-49(60)44-45(66-68(6)47(35)44)34-22-25-40(67-77(74,75)53(58)59)42(28-34)76-27-26-33-20-23-36(55)24-21-33/h15,17-18,20-25,28,30,32,37,41,48,53,61,67H,7-12,14,19,26-27,29,31H2,1-6H3,(H2,60,62)(H,63,70)(H,64,72)(H,65,71)/t32-,37?,41-,48+/m0/s1. The molecule has 1 aliphatic heterocycles. The fourth-order valence-corrected chi connectivity index (χ4v) is 9.33. The van der Waals surface area contributed by atoms with Gasteiger partial charge in [-0.2, -0.15) is 13.9 Å². The first-order chi connectivity index (χ1) is 36.5. The molecule has 77 heavy (non-hydrogen) atoms. The molecule has 17 nitrogen and oxygen atoms in total. The molecule has 1 aliphatic rings. The maximum Gasteiger partial charge on any atom is 0.355 e. The number of aromatic nitrogens is 3. The van der Waals surface area contributed by atoms with E-state index in [9.17, 15) is 49.5 Å². The van der Waals surface area contributed by atoms with Crippen molar-refractivity contribution in [1.29, 1.82) is 0 Å². The van der Waals surface area contributed by atoms with Crippen molar-refractivity contribution >= 4 is 61.7 Å². The van der Waals surface area contributed by atoms with Crippen LogP contribution < -0.4 is 36.5 Å². The van der Waals surface area contributed by atoms with Crippen LogP contribution in [-0.4, -0.2) is 102 Å². The number of nitrogens with zero attached hydrogens (tertiary/aromatic N) is 4. The van der Waals surface area contributed by atoms with E-state index in [4.69, 9.17) is 10.5 Å². The number of halogens is 5. The summed E-state index contributed by atoms with van der Waals surface area (Å²) in [7, 11) is -1.75. The molecule has 23 heteroatoms. The molecule has 3 heterocycles. The lowest BCUT2D eigenvalue weighted by molar-refractivity contribution is -0.143. The van der Waals surface area contributed by atoms with Crippen LogP contribution in [0.2, 0.25) is 0 Å². The molecule has 414 valence electrons. The second-order valence-electron chi connectivity index (χ2n) is 19.9. The van der Waals surface area contributed by atoms with E-state index < -0.39 is 86.2 Å². The van der Waals surface area contributed by atoms with Crippen LogP contribution >= 0.6 is 0 Å². The molecular weight excluding hydrogens is 1030 g/mol. The lowest BCUT2D eigenvalue weighted by atomic mass is 9.85. The third kappa shape index (κ3) is 15.4. The Kier molecular flexibility index (Phi) is 20.0. The molecule has 1 fully saturated rings. The number of carbonyl (C=O) groups is 4. The Balaban J connectivity index is 1.01. The Labute approximate surface area is 444 Å². The molecule has 4 atom stereocenters. The van der Waals surface area contributed by atoms with Crippen LogP contribution in [0.5, 0.6) is 5.75 Å². The zero-order valence-corrected chi connectivity index (χ0v) is 44.6. The van der Waals surface area contributed by atoms with Crippen molar-refractivity contribution in [3.05, 3.63) is 95.4 Å². The predicted molar refractivity (Wildman–Crippen MR) is 283 cm³/mol. The van der Waals surface area contributed by atoms with E-state index in [0.29, 0.717) is 47.0 Å². The number of benzene rings is 3. The van der Waals surface area contributed by atoms with Crippen molar-refractivity contribution < 1.29 is 54.3 Å². The minimum Gasteiger partial charge on any atom is -0.491 e. The number of hydrogen-bond acceptors (Lipinski definition) is 11. The van der Waals surface area contributed by atoms with Gasteiger partial charge >= 0.3 is 5.76 Å². The van der Waals surface area contributed by atoms with E-state index >= 15 is 0 Å². The summed E-state index contributed by atoms with van der Waals surface area (Å²) in [6.07, 6.45) is 7.34. The normalized spacial score (nSPS) is 15.4. The maximum absolute atomic E-state index is 14.6. The van der Waals surface area contributed by atoms with Crippen LogP contribution in [0.25, 0.3) is 22.2 Å². The Morgan fingerprint density at radius 3 is 2.29 bits per heavy atom. The van der Waals surface area contributed by atoms with E-state index in [1.54, 1.807) is 64.8 Å². The number of sulfonamides is 1. The van der Waals surface area contributed by atoms with Crippen molar-refractivity contribution in [2.75, 3.05) is 36.0 Å². The van der Waals surface area contributed by atoms with Gasteiger partial charge in [0.1, 0.15) is 52.5 Å². The summed E-state index contributed by atoms with van der Waals surface area (Å²) in [4.78, 5) is 59.6. The number of nitrogen functional groups attached to an aromatic ring is 1. The largest absolute Gasteiger partial charge is 0.491 e. The molecule has 0 spiro atoms. The average molecular weight is 1090 g/mol. The van der Waals surface area contributed by atoms with Crippen molar-refractivity contribution in [2.45, 2.75) is 122 Å². The minimum atomic E-state index is -5.05. The first kappa shape index (κ1) is 58.9. The van der Waals surface area contributed by atoms with Crippen LogP contribution in [0.1, 0.15) is 96.6 Å². The number of fused-ring (bicyclic) bond motifs is 1. The van der Waals surface area contributed by atoms with Crippen molar-refractivity contribution in [3.63, 3.8) is 0 Å². The summed E-state index contributed by atoms with van der Waals surface area (Å²) in [5, 5.41) is 16.0. The van der Waals surface area contributed by atoms with Gasteiger partial charge in [-0.1, -0.05) is 82.6 Å². The minimum absolute atomic E-state index is 0.00256. The van der Waals surface area contributed by atoms with Crippen LogP contribution in [0.3, 0.4) is 0 Å². The molecule has 4 amide bonds. The van der Waals surface area contributed by atoms with Crippen LogP contribution in [0.15, 0.2) is 66.9 Å². The quantitative estimate of drug-likeness (QED) is 0.0212. The van der Waals surface area contributed by atoms with Crippen molar-refractivity contribution in [1.82, 2.24) is 35.6 Å². The average Bonchev–Trinajstić information content (AvgIpc) is 4.01. The molecule has 5 aromatic rings. The van der Waals surface area contributed by atoms with Gasteiger partial charge in [-0.05, 0) is 80.6 Å². The van der Waals surface area contributed by atoms with Gasteiger partial charge in [-0.25, -0.2) is 26.6 Å². The number of ether oxygens (including phenoxy) is 1. The molecular formula is C54H65F5N10O7S. The number of hydrogen-bond donors (Lipinski definition) is 6. The highest BCUT2D eigenvalue weighted by molar-refractivity contribution is 7.93. The number of alkyl halides is 2. The molecule has 6 rings (SSSR count). The Morgan fingerprint density at radius 1 is 0.948 bits per heavy atom. The summed E-state index contributed by atoms with van der Waals surface area (Å²) in [5.74, 6) is -1.79. The zero-order valence-electron chi connectivity index (χ0n) is 43.7. The molecule has 2 aromatic heterocycles. The summed E-state index contributed by atoms with van der Waals surface area (Å²) in [5.41, 5.74) is 7.35.